The molecular weight excluding hydrogens is 897 g/mol. The molecule has 2 aromatic heterocycles. The van der Waals surface area contributed by atoms with Crippen molar-refractivity contribution in [2.75, 3.05) is 82.5 Å². The summed E-state index contributed by atoms with van der Waals surface area (Å²) in [6, 6.07) is 11.4. The summed E-state index contributed by atoms with van der Waals surface area (Å²) in [7, 11) is 0. The van der Waals surface area contributed by atoms with Gasteiger partial charge in [0.05, 0.1) is 55.1 Å². The van der Waals surface area contributed by atoms with Gasteiger partial charge in [-0.2, -0.15) is 5.10 Å². The van der Waals surface area contributed by atoms with Crippen LogP contribution in [0.15, 0.2) is 82.3 Å². The molecule has 69 heavy (non-hydrogen) atoms. The molecule has 4 aromatic rings. The standard InChI is InChI=1S/C48H55F2N11O8/c1-3-32(24-40(51-2)53-27-31-4-5-31)46-55-38(29-69-46)44(63)54-37-28-60(57-42(37)43(49)50)33-8-6-30(7-9-33)26-52-14-20-67-22-23-68-21-19-58-15-17-59(18-16-58)34-10-11-35-36(25-34)48(66)61(47(35)65)39-12-13-41(62)56-45(39)64/h3,6-11,24-25,28-29,31,39,43,52-53H,2,4-5,12-23,26-27H2,1H3,(H,54,63)(H,56,62,64)/b32-3+,40-24+. The van der Waals surface area contributed by atoms with Gasteiger partial charge in [-0.3, -0.25) is 39.1 Å². The summed E-state index contributed by atoms with van der Waals surface area (Å²) < 4.78 is 46.5. The minimum absolute atomic E-state index is 0.0716. The molecule has 1 atom stereocenters. The number of alkyl halides is 2. The normalized spacial score (nSPS) is 18.0. The molecule has 1 unspecified atom stereocenters. The Kier molecular flexibility index (Phi) is 15.8. The summed E-state index contributed by atoms with van der Waals surface area (Å²) in [6.45, 7) is 13.1. The van der Waals surface area contributed by atoms with Crippen LogP contribution in [-0.4, -0.2) is 139 Å². The highest BCUT2D eigenvalue weighted by molar-refractivity contribution is 6.23. The van der Waals surface area contributed by atoms with Gasteiger partial charge in [-0.15, -0.1) is 0 Å². The average molecular weight is 952 g/mol. The summed E-state index contributed by atoms with van der Waals surface area (Å²) in [6.07, 6.45) is 5.55. The van der Waals surface area contributed by atoms with E-state index in [1.165, 1.54) is 23.7 Å². The van der Waals surface area contributed by atoms with E-state index < -0.39 is 47.7 Å². The van der Waals surface area contributed by atoms with Gasteiger partial charge in [0.1, 0.15) is 18.1 Å². The van der Waals surface area contributed by atoms with E-state index in [-0.39, 0.29) is 41.2 Å². The Morgan fingerprint density at radius 1 is 0.971 bits per heavy atom. The fourth-order valence-electron chi connectivity index (χ4n) is 8.16. The van der Waals surface area contributed by atoms with Crippen LogP contribution >= 0.6 is 0 Å². The molecule has 19 nitrogen and oxygen atoms in total. The molecule has 364 valence electrons. The number of carbonyl (C=O) groups excluding carboxylic acids is 5. The molecule has 4 aliphatic rings. The molecule has 3 fully saturated rings. The van der Waals surface area contributed by atoms with Crippen LogP contribution in [0.1, 0.15) is 87.4 Å². The zero-order valence-corrected chi connectivity index (χ0v) is 38.3. The number of aromatic nitrogens is 3. The van der Waals surface area contributed by atoms with E-state index in [2.05, 4.69) is 52.9 Å². The molecule has 1 saturated carbocycles. The number of hydrogen-bond acceptors (Lipinski definition) is 15. The van der Waals surface area contributed by atoms with Crippen molar-refractivity contribution < 1.29 is 46.6 Å². The lowest BCUT2D eigenvalue weighted by atomic mass is 10.0. The molecule has 4 N–H and O–H groups in total. The Hall–Kier alpha value is -6.94. The van der Waals surface area contributed by atoms with Crippen LogP contribution in [0.25, 0.3) is 11.3 Å². The van der Waals surface area contributed by atoms with Gasteiger partial charge in [0.25, 0.3) is 24.1 Å². The van der Waals surface area contributed by atoms with Crippen molar-refractivity contribution in [3.63, 3.8) is 0 Å². The number of piperidine rings is 1. The van der Waals surface area contributed by atoms with Gasteiger partial charge in [0.15, 0.2) is 11.4 Å². The van der Waals surface area contributed by atoms with Crippen LogP contribution in [0.3, 0.4) is 0 Å². The molecule has 1 aliphatic carbocycles. The van der Waals surface area contributed by atoms with Gasteiger partial charge < -0.3 is 34.7 Å². The zero-order valence-electron chi connectivity index (χ0n) is 38.3. The molecule has 2 aromatic carbocycles. The van der Waals surface area contributed by atoms with Gasteiger partial charge in [-0.1, -0.05) is 18.2 Å². The molecule has 0 spiro atoms. The van der Waals surface area contributed by atoms with Gasteiger partial charge in [-0.05, 0) is 80.8 Å². The first kappa shape index (κ1) is 48.5. The Morgan fingerprint density at radius 2 is 1.71 bits per heavy atom. The van der Waals surface area contributed by atoms with Crippen molar-refractivity contribution in [2.45, 2.75) is 51.6 Å². The first-order valence-electron chi connectivity index (χ1n) is 23.0. The maximum atomic E-state index is 14.1. The largest absolute Gasteiger partial charge is 0.444 e. The highest BCUT2D eigenvalue weighted by atomic mass is 19.3. The first-order chi connectivity index (χ1) is 33.5. The van der Waals surface area contributed by atoms with Crippen LogP contribution in [0.4, 0.5) is 20.2 Å². The Labute approximate surface area is 397 Å². The maximum Gasteiger partial charge on any atom is 0.284 e. The van der Waals surface area contributed by atoms with E-state index in [0.717, 1.165) is 61.7 Å². The smallest absolute Gasteiger partial charge is 0.284 e. The van der Waals surface area contributed by atoms with E-state index in [1.54, 1.807) is 43.3 Å². The Bertz CT molecular complexity index is 2600. The lowest BCUT2D eigenvalue weighted by Crippen LogP contribution is -2.54. The number of amides is 5. The van der Waals surface area contributed by atoms with E-state index in [1.807, 2.05) is 18.2 Å². The molecule has 5 amide bonds. The van der Waals surface area contributed by atoms with E-state index in [4.69, 9.17) is 13.9 Å². The zero-order chi connectivity index (χ0) is 48.4. The van der Waals surface area contributed by atoms with Gasteiger partial charge >= 0.3 is 0 Å². The van der Waals surface area contributed by atoms with Crippen molar-refractivity contribution >= 4 is 53.2 Å². The first-order valence-corrected chi connectivity index (χ1v) is 23.0. The van der Waals surface area contributed by atoms with E-state index in [0.29, 0.717) is 62.5 Å². The number of carbonyl (C=O) groups is 5. The van der Waals surface area contributed by atoms with Crippen molar-refractivity contribution in [1.29, 1.82) is 0 Å². The minimum Gasteiger partial charge on any atom is -0.444 e. The summed E-state index contributed by atoms with van der Waals surface area (Å²) >= 11 is 0. The topological polar surface area (TPSA) is 218 Å². The van der Waals surface area contributed by atoms with Gasteiger partial charge in [0.2, 0.25) is 17.7 Å². The summed E-state index contributed by atoms with van der Waals surface area (Å²) in [4.78, 5) is 77.2. The fraction of sp³-hybridized carbons (Fsp3) is 0.417. The van der Waals surface area contributed by atoms with Gasteiger partial charge in [-0.25, -0.2) is 23.4 Å². The number of piperazine rings is 1. The highest BCUT2D eigenvalue weighted by Crippen LogP contribution is 2.32. The minimum atomic E-state index is -2.95. The second-order valence-corrected chi connectivity index (χ2v) is 17.0. The maximum absolute atomic E-state index is 14.1. The third-order valence-electron chi connectivity index (χ3n) is 12.3. The predicted octanol–water partition coefficient (Wildman–Crippen LogP) is 4.34. The summed E-state index contributed by atoms with van der Waals surface area (Å²) in [5, 5.41) is 15.3. The van der Waals surface area contributed by atoms with Crippen LogP contribution in [0.5, 0.6) is 0 Å². The van der Waals surface area contributed by atoms with Crippen LogP contribution in [-0.2, 0) is 25.6 Å². The van der Waals surface area contributed by atoms with Gasteiger partial charge in [0, 0.05) is 70.0 Å². The number of benzene rings is 2. The van der Waals surface area contributed by atoms with E-state index in [9.17, 15) is 32.8 Å². The predicted molar refractivity (Wildman–Crippen MR) is 250 cm³/mol. The number of oxazole rings is 1. The van der Waals surface area contributed by atoms with Crippen molar-refractivity contribution in [3.8, 4) is 5.69 Å². The SMILES string of the molecule is C=N/C(=C\C(=C/C)c1nc(C(=O)Nc2cn(-c3ccc(CNCCOCCOCCN4CCN(c5ccc6c(c5)C(=O)N(C5CCC(=O)NC5=O)C6=O)CC4)cc3)nc2C(F)F)co1)NCC1CC1. The molecule has 8 rings (SSSR count). The number of imide groups is 2. The number of rotatable bonds is 23. The highest BCUT2D eigenvalue weighted by Gasteiger charge is 2.45. The van der Waals surface area contributed by atoms with Crippen LogP contribution in [0.2, 0.25) is 0 Å². The number of ether oxygens (including phenoxy) is 2. The Balaban J connectivity index is 0.699. The van der Waals surface area contributed by atoms with Crippen molar-refractivity contribution in [3.05, 3.63) is 107 Å². The third kappa shape index (κ3) is 12.0. The van der Waals surface area contributed by atoms with Crippen molar-refractivity contribution in [1.82, 2.24) is 40.5 Å². The van der Waals surface area contributed by atoms with Crippen LogP contribution < -0.4 is 26.2 Å². The third-order valence-corrected chi connectivity index (χ3v) is 12.3. The quantitative estimate of drug-likeness (QED) is 0.0352. The number of aliphatic imine (C=N–C) groups is 1. The lowest BCUT2D eigenvalue weighted by molar-refractivity contribution is -0.136. The number of allylic oxidation sites excluding steroid dienone is 3. The summed E-state index contributed by atoms with van der Waals surface area (Å²) in [5.41, 5.74) is 2.58. The molecule has 0 radical (unpaired) electrons. The molecule has 3 aliphatic heterocycles. The van der Waals surface area contributed by atoms with Crippen LogP contribution in [0, 0.1) is 5.92 Å². The monoisotopic (exact) mass is 951 g/mol. The average Bonchev–Trinajstić information content (AvgIpc) is 3.77. The van der Waals surface area contributed by atoms with Crippen molar-refractivity contribution in [2.24, 2.45) is 10.9 Å². The number of fused-ring (bicyclic) bond motifs is 1. The molecule has 5 heterocycles. The molecular formula is C48H55F2N11O8. The molecule has 0 bridgehead atoms. The summed E-state index contributed by atoms with van der Waals surface area (Å²) in [5.74, 6) is -1.48. The second kappa shape index (κ2) is 22.4. The fourth-order valence-corrected chi connectivity index (χ4v) is 8.16. The Morgan fingerprint density at radius 3 is 2.42 bits per heavy atom. The number of nitrogens with one attached hydrogen (secondary N) is 4. The molecule has 21 heteroatoms. The lowest BCUT2D eigenvalue weighted by Gasteiger charge is -2.36. The van der Waals surface area contributed by atoms with E-state index >= 15 is 0 Å². The second-order valence-electron chi connectivity index (χ2n) is 17.0. The molecule has 2 saturated heterocycles. The number of anilines is 2. The number of hydrogen-bond donors (Lipinski definition) is 4. The number of nitrogens with zero attached hydrogens (tertiary/aromatic N) is 7. The number of halogens is 2.